The van der Waals surface area contributed by atoms with E-state index in [2.05, 4.69) is 52.6 Å². The van der Waals surface area contributed by atoms with Crippen LogP contribution in [0.5, 0.6) is 0 Å². The summed E-state index contributed by atoms with van der Waals surface area (Å²) in [5.74, 6) is 1.79. The molecule has 1 heterocycles. The molecule has 3 rings (SSSR count). The second-order valence-corrected chi connectivity index (χ2v) is 11.1. The first kappa shape index (κ1) is 23.1. The fourth-order valence-corrected chi connectivity index (χ4v) is 6.35. The fraction of sp³-hybridized carbons (Fsp3) is 0.731. The number of carbonyl (C=O) groups excluding carboxylic acids is 1. The summed E-state index contributed by atoms with van der Waals surface area (Å²) >= 11 is 0. The van der Waals surface area contributed by atoms with Gasteiger partial charge in [-0.05, 0) is 95.1 Å². The molecule has 0 bridgehead atoms. The van der Waals surface area contributed by atoms with Crippen molar-refractivity contribution >= 4 is 5.97 Å². The Morgan fingerprint density at radius 2 is 2.07 bits per heavy atom. The van der Waals surface area contributed by atoms with Crippen LogP contribution < -0.4 is 5.32 Å². The topological polar surface area (TPSA) is 51.5 Å². The Hall–Kier alpha value is -1.55. The van der Waals surface area contributed by atoms with Gasteiger partial charge in [0.25, 0.3) is 0 Å². The average molecular weight is 416 g/mol. The molecule has 0 aliphatic heterocycles. The number of fused-ring (bicyclic) bond motifs is 1. The second-order valence-electron chi connectivity index (χ2n) is 11.1. The first-order valence-corrected chi connectivity index (χ1v) is 11.6. The SMILES string of the molecule is C=C1CCC2[C@](C)(CCC[C@]2(C)C(=O)OC)[C@H]1CCc1ccoc1CNC(C)(C)C. The molecule has 168 valence electrons. The van der Waals surface area contributed by atoms with Crippen LogP contribution in [0.2, 0.25) is 0 Å². The van der Waals surface area contributed by atoms with Crippen LogP contribution in [0.25, 0.3) is 0 Å². The maximum absolute atomic E-state index is 12.8. The van der Waals surface area contributed by atoms with E-state index < -0.39 is 0 Å². The molecule has 0 saturated heterocycles. The summed E-state index contributed by atoms with van der Waals surface area (Å²) in [6.45, 7) is 16.3. The van der Waals surface area contributed by atoms with Crippen LogP contribution in [0.3, 0.4) is 0 Å². The molecule has 1 aromatic heterocycles. The van der Waals surface area contributed by atoms with Gasteiger partial charge in [0.2, 0.25) is 0 Å². The first-order valence-electron chi connectivity index (χ1n) is 11.6. The number of ether oxygens (including phenoxy) is 1. The first-order chi connectivity index (χ1) is 14.0. The van der Waals surface area contributed by atoms with Crippen LogP contribution in [0.1, 0.15) is 84.5 Å². The molecule has 2 aliphatic rings. The van der Waals surface area contributed by atoms with E-state index in [1.807, 2.05) is 6.26 Å². The van der Waals surface area contributed by atoms with Crippen LogP contribution in [-0.2, 0) is 22.5 Å². The summed E-state index contributed by atoms with van der Waals surface area (Å²) in [5.41, 5.74) is 2.43. The monoisotopic (exact) mass is 415 g/mol. The van der Waals surface area contributed by atoms with Crippen molar-refractivity contribution in [1.29, 1.82) is 0 Å². The van der Waals surface area contributed by atoms with Crippen LogP contribution in [0, 0.1) is 22.7 Å². The van der Waals surface area contributed by atoms with Crippen molar-refractivity contribution in [2.75, 3.05) is 7.11 Å². The summed E-state index contributed by atoms with van der Waals surface area (Å²) in [6.07, 6.45) is 9.09. The predicted octanol–water partition coefficient (Wildman–Crippen LogP) is 6.05. The molecule has 4 heteroatoms. The number of nitrogens with one attached hydrogen (secondary N) is 1. The molecule has 2 saturated carbocycles. The van der Waals surface area contributed by atoms with Crippen molar-refractivity contribution in [3.8, 4) is 0 Å². The average Bonchev–Trinajstić information content (AvgIpc) is 3.11. The maximum Gasteiger partial charge on any atom is 0.311 e. The zero-order chi connectivity index (χ0) is 22.2. The number of rotatable bonds is 6. The van der Waals surface area contributed by atoms with Gasteiger partial charge in [-0.15, -0.1) is 0 Å². The molecule has 0 amide bonds. The van der Waals surface area contributed by atoms with Crippen molar-refractivity contribution in [2.45, 2.75) is 91.6 Å². The zero-order valence-corrected chi connectivity index (χ0v) is 19.9. The van der Waals surface area contributed by atoms with Crippen LogP contribution in [0.15, 0.2) is 28.9 Å². The lowest BCUT2D eigenvalue weighted by molar-refractivity contribution is -0.168. The fourth-order valence-electron chi connectivity index (χ4n) is 6.35. The molecule has 0 spiro atoms. The number of furan rings is 1. The standard InChI is InChI=1S/C26H41NO3/c1-18-9-12-22-25(5,14-8-15-26(22,6)23(28)29-7)20(18)11-10-19-13-16-30-21(19)17-27-24(2,3)4/h13,16,20,22,27H,1,8-12,14-15,17H2,2-7H3/t20-,22?,25+,26-/m0/s1. The molecule has 4 nitrogen and oxygen atoms in total. The van der Waals surface area contributed by atoms with Gasteiger partial charge in [0.05, 0.1) is 25.3 Å². The molecule has 2 fully saturated rings. The third-order valence-electron chi connectivity index (χ3n) is 7.99. The van der Waals surface area contributed by atoms with Crippen LogP contribution >= 0.6 is 0 Å². The van der Waals surface area contributed by atoms with Crippen molar-refractivity contribution in [3.63, 3.8) is 0 Å². The Balaban J connectivity index is 1.77. The molecule has 1 aromatic rings. The van der Waals surface area contributed by atoms with Gasteiger partial charge < -0.3 is 14.5 Å². The van der Waals surface area contributed by atoms with E-state index in [9.17, 15) is 4.79 Å². The zero-order valence-electron chi connectivity index (χ0n) is 19.9. The molecule has 2 aliphatic carbocycles. The van der Waals surface area contributed by atoms with Gasteiger partial charge in [0.15, 0.2) is 0 Å². The molecule has 1 N–H and O–H groups in total. The largest absolute Gasteiger partial charge is 0.469 e. The summed E-state index contributed by atoms with van der Waals surface area (Å²) < 4.78 is 11.0. The number of allylic oxidation sites excluding steroid dienone is 1. The van der Waals surface area contributed by atoms with E-state index in [0.717, 1.165) is 57.3 Å². The molecule has 0 radical (unpaired) electrons. The van der Waals surface area contributed by atoms with Gasteiger partial charge in [0, 0.05) is 5.54 Å². The van der Waals surface area contributed by atoms with Gasteiger partial charge in [-0.25, -0.2) is 0 Å². The Kier molecular flexibility index (Phi) is 6.57. The quantitative estimate of drug-likeness (QED) is 0.454. The maximum atomic E-state index is 12.8. The van der Waals surface area contributed by atoms with E-state index in [1.165, 1.54) is 18.2 Å². The third-order valence-corrected chi connectivity index (χ3v) is 7.99. The minimum atomic E-state index is -0.377. The second kappa shape index (κ2) is 8.53. The van der Waals surface area contributed by atoms with E-state index in [0.29, 0.717) is 11.8 Å². The van der Waals surface area contributed by atoms with Crippen molar-refractivity contribution in [1.82, 2.24) is 5.32 Å². The number of carbonyl (C=O) groups is 1. The number of hydrogen-bond acceptors (Lipinski definition) is 4. The Labute approximate surface area is 182 Å². The Morgan fingerprint density at radius 3 is 2.73 bits per heavy atom. The number of aryl methyl sites for hydroxylation is 1. The highest BCUT2D eigenvalue weighted by molar-refractivity contribution is 5.77. The molecular weight excluding hydrogens is 374 g/mol. The number of methoxy groups -OCH3 is 1. The molecule has 1 unspecified atom stereocenters. The summed E-state index contributed by atoms with van der Waals surface area (Å²) in [4.78, 5) is 12.8. The van der Waals surface area contributed by atoms with Crippen molar-refractivity contribution < 1.29 is 13.9 Å². The smallest absolute Gasteiger partial charge is 0.311 e. The van der Waals surface area contributed by atoms with E-state index in [1.54, 1.807) is 0 Å². The highest BCUT2D eigenvalue weighted by Crippen LogP contribution is 2.62. The lowest BCUT2D eigenvalue weighted by Gasteiger charge is -2.57. The lowest BCUT2D eigenvalue weighted by atomic mass is 9.46. The van der Waals surface area contributed by atoms with Gasteiger partial charge in [-0.1, -0.05) is 25.5 Å². The summed E-state index contributed by atoms with van der Waals surface area (Å²) in [6, 6.07) is 2.12. The minimum Gasteiger partial charge on any atom is -0.469 e. The molecule has 30 heavy (non-hydrogen) atoms. The molecule has 4 atom stereocenters. The predicted molar refractivity (Wildman–Crippen MR) is 121 cm³/mol. The summed E-state index contributed by atoms with van der Waals surface area (Å²) in [5, 5.41) is 3.53. The van der Waals surface area contributed by atoms with Gasteiger partial charge in [-0.2, -0.15) is 0 Å². The van der Waals surface area contributed by atoms with Gasteiger partial charge >= 0.3 is 5.97 Å². The van der Waals surface area contributed by atoms with Gasteiger partial charge in [0.1, 0.15) is 5.76 Å². The number of hydrogen-bond donors (Lipinski definition) is 1. The summed E-state index contributed by atoms with van der Waals surface area (Å²) in [7, 11) is 1.53. The Bertz CT molecular complexity index is 773. The lowest BCUT2D eigenvalue weighted by Crippen LogP contribution is -2.53. The number of esters is 1. The highest BCUT2D eigenvalue weighted by Gasteiger charge is 2.57. The van der Waals surface area contributed by atoms with Crippen LogP contribution in [-0.4, -0.2) is 18.6 Å². The van der Waals surface area contributed by atoms with E-state index in [4.69, 9.17) is 9.15 Å². The van der Waals surface area contributed by atoms with Crippen molar-refractivity contribution in [3.05, 3.63) is 35.8 Å². The highest BCUT2D eigenvalue weighted by atomic mass is 16.5. The molecule has 0 aromatic carbocycles. The van der Waals surface area contributed by atoms with E-state index >= 15 is 0 Å². The Morgan fingerprint density at radius 1 is 1.33 bits per heavy atom. The van der Waals surface area contributed by atoms with Crippen molar-refractivity contribution in [2.24, 2.45) is 22.7 Å². The third kappa shape index (κ3) is 4.39. The minimum absolute atomic E-state index is 0.0323. The molecular formula is C26H41NO3. The van der Waals surface area contributed by atoms with Crippen LogP contribution in [0.4, 0.5) is 0 Å². The van der Waals surface area contributed by atoms with E-state index in [-0.39, 0.29) is 22.3 Å². The normalized spacial score (nSPS) is 32.0. The van der Waals surface area contributed by atoms with Gasteiger partial charge in [-0.3, -0.25) is 4.79 Å².